The van der Waals surface area contributed by atoms with Crippen LogP contribution >= 0.6 is 0 Å². The zero-order valence-electron chi connectivity index (χ0n) is 11.3. The highest BCUT2D eigenvalue weighted by molar-refractivity contribution is 5.75. The lowest BCUT2D eigenvalue weighted by Gasteiger charge is -2.20. The van der Waals surface area contributed by atoms with E-state index in [-0.39, 0.29) is 18.0 Å². The Kier molecular flexibility index (Phi) is 4.97. The maximum absolute atomic E-state index is 14.2. The maximum Gasteiger partial charge on any atom is 0.573 e. The summed E-state index contributed by atoms with van der Waals surface area (Å²) in [6.45, 7) is 5.19. The van der Waals surface area contributed by atoms with E-state index in [9.17, 15) is 17.6 Å². The number of benzene rings is 1. The summed E-state index contributed by atoms with van der Waals surface area (Å²) in [7, 11) is 0. The number of alkyl halides is 4. The predicted molar refractivity (Wildman–Crippen MR) is 66.3 cm³/mol. The van der Waals surface area contributed by atoms with Crippen LogP contribution in [0.3, 0.4) is 0 Å². The molecule has 1 aliphatic heterocycles. The molecular weight excluding hydrogens is 278 g/mol. The standard InChI is InChI=1S/C11H9F4NO2.C2H6/c1-7-16-6-10(12,17-7)8-3-2-4-9(5-8)18-11(13,14)15;1-2/h2-5H,6H2,1H3;1-2H3. The van der Waals surface area contributed by atoms with E-state index < -0.39 is 18.0 Å². The van der Waals surface area contributed by atoms with Crippen molar-refractivity contribution in [2.45, 2.75) is 33.0 Å². The van der Waals surface area contributed by atoms with Crippen LogP contribution in [0, 0.1) is 0 Å². The molecular formula is C13H15F4NO2. The van der Waals surface area contributed by atoms with Crippen LogP contribution in [0.5, 0.6) is 5.75 Å². The summed E-state index contributed by atoms with van der Waals surface area (Å²) >= 11 is 0. The second kappa shape index (κ2) is 6.11. The summed E-state index contributed by atoms with van der Waals surface area (Å²) in [5.41, 5.74) is -0.0650. The first-order valence-electron chi connectivity index (χ1n) is 6.04. The number of ether oxygens (including phenoxy) is 2. The second-order valence-corrected chi connectivity index (χ2v) is 3.74. The van der Waals surface area contributed by atoms with Crippen molar-refractivity contribution in [2.75, 3.05) is 6.54 Å². The molecule has 0 fully saturated rings. The zero-order chi connectivity index (χ0) is 15.4. The Hall–Kier alpha value is -1.79. The molecule has 2 rings (SSSR count). The minimum atomic E-state index is -4.81. The fourth-order valence-corrected chi connectivity index (χ4v) is 1.59. The summed E-state index contributed by atoms with van der Waals surface area (Å²) in [5, 5.41) is 0. The highest BCUT2D eigenvalue weighted by Crippen LogP contribution is 2.35. The molecule has 0 bridgehead atoms. The van der Waals surface area contributed by atoms with Crippen molar-refractivity contribution in [3.63, 3.8) is 0 Å². The molecule has 0 amide bonds. The Balaban J connectivity index is 0.000000956. The van der Waals surface area contributed by atoms with Crippen LogP contribution in [0.2, 0.25) is 0 Å². The van der Waals surface area contributed by atoms with Gasteiger partial charge in [0, 0.05) is 12.5 Å². The molecule has 1 atom stereocenters. The molecule has 0 radical (unpaired) electrons. The van der Waals surface area contributed by atoms with Crippen molar-refractivity contribution in [1.29, 1.82) is 0 Å². The number of halogens is 4. The first kappa shape index (κ1) is 16.3. The number of aliphatic imine (C=N–C) groups is 1. The minimum Gasteiger partial charge on any atom is -0.439 e. The summed E-state index contributed by atoms with van der Waals surface area (Å²) in [6.07, 6.45) is -4.81. The molecule has 1 aromatic carbocycles. The van der Waals surface area contributed by atoms with Gasteiger partial charge < -0.3 is 9.47 Å². The van der Waals surface area contributed by atoms with Crippen LogP contribution < -0.4 is 4.74 Å². The molecule has 20 heavy (non-hydrogen) atoms. The molecule has 1 aromatic rings. The van der Waals surface area contributed by atoms with Gasteiger partial charge in [0.15, 0.2) is 5.90 Å². The smallest absolute Gasteiger partial charge is 0.439 e. The molecule has 1 heterocycles. The van der Waals surface area contributed by atoms with E-state index in [1.54, 1.807) is 0 Å². The van der Waals surface area contributed by atoms with Crippen molar-refractivity contribution < 1.29 is 27.0 Å². The summed E-state index contributed by atoms with van der Waals surface area (Å²) < 4.78 is 58.9. The lowest BCUT2D eigenvalue weighted by molar-refractivity contribution is -0.274. The SMILES string of the molecule is CC.CC1=NCC(F)(c2cccc(OC(F)(F)F)c2)O1. The van der Waals surface area contributed by atoms with Gasteiger partial charge in [-0.15, -0.1) is 13.2 Å². The predicted octanol–water partition coefficient (Wildman–Crippen LogP) is 4.18. The van der Waals surface area contributed by atoms with Crippen molar-refractivity contribution in [3.05, 3.63) is 29.8 Å². The lowest BCUT2D eigenvalue weighted by Crippen LogP contribution is -2.24. The van der Waals surface area contributed by atoms with Gasteiger partial charge in [-0.3, -0.25) is 0 Å². The lowest BCUT2D eigenvalue weighted by atomic mass is 10.1. The van der Waals surface area contributed by atoms with E-state index >= 15 is 0 Å². The first-order valence-corrected chi connectivity index (χ1v) is 6.04. The Morgan fingerprint density at radius 3 is 2.45 bits per heavy atom. The molecule has 0 aromatic heterocycles. The number of rotatable bonds is 2. The highest BCUT2D eigenvalue weighted by atomic mass is 19.4. The molecule has 0 saturated carbocycles. The van der Waals surface area contributed by atoms with Gasteiger partial charge in [-0.25, -0.2) is 4.99 Å². The fraction of sp³-hybridized carbons (Fsp3) is 0.462. The van der Waals surface area contributed by atoms with E-state index in [0.717, 1.165) is 12.1 Å². The summed E-state index contributed by atoms with van der Waals surface area (Å²) in [5.74, 6) is -2.57. The van der Waals surface area contributed by atoms with Gasteiger partial charge in [0.2, 0.25) is 0 Å². The molecule has 0 aliphatic carbocycles. The van der Waals surface area contributed by atoms with E-state index in [4.69, 9.17) is 4.74 Å². The van der Waals surface area contributed by atoms with Gasteiger partial charge >= 0.3 is 6.36 Å². The van der Waals surface area contributed by atoms with Gasteiger partial charge in [0.25, 0.3) is 5.85 Å². The van der Waals surface area contributed by atoms with Crippen LogP contribution in [-0.4, -0.2) is 18.8 Å². The quantitative estimate of drug-likeness (QED) is 0.766. The molecule has 0 saturated heterocycles. The summed E-state index contributed by atoms with van der Waals surface area (Å²) in [6, 6.07) is 4.61. The average Bonchev–Trinajstić information content (AvgIpc) is 2.71. The average molecular weight is 293 g/mol. The largest absolute Gasteiger partial charge is 0.573 e. The highest BCUT2D eigenvalue weighted by Gasteiger charge is 2.39. The topological polar surface area (TPSA) is 30.8 Å². The molecule has 3 nitrogen and oxygen atoms in total. The number of hydrogen-bond acceptors (Lipinski definition) is 3. The molecule has 112 valence electrons. The van der Waals surface area contributed by atoms with Gasteiger partial charge in [-0.2, -0.15) is 4.39 Å². The first-order chi connectivity index (χ1) is 9.28. The van der Waals surface area contributed by atoms with Crippen molar-refractivity contribution >= 4 is 5.90 Å². The molecule has 1 aliphatic rings. The Labute approximate surface area is 114 Å². The van der Waals surface area contributed by atoms with E-state index in [1.165, 1.54) is 19.1 Å². The summed E-state index contributed by atoms with van der Waals surface area (Å²) in [4.78, 5) is 3.73. The number of nitrogens with zero attached hydrogens (tertiary/aromatic N) is 1. The van der Waals surface area contributed by atoms with Crippen LogP contribution in [0.4, 0.5) is 17.6 Å². The second-order valence-electron chi connectivity index (χ2n) is 3.74. The van der Waals surface area contributed by atoms with E-state index in [1.807, 2.05) is 13.8 Å². The molecule has 0 spiro atoms. The van der Waals surface area contributed by atoms with Gasteiger partial charge in [-0.1, -0.05) is 26.0 Å². The van der Waals surface area contributed by atoms with Gasteiger partial charge in [-0.05, 0) is 12.1 Å². The van der Waals surface area contributed by atoms with Crippen LogP contribution in [0.1, 0.15) is 26.3 Å². The molecule has 1 unspecified atom stereocenters. The van der Waals surface area contributed by atoms with E-state index in [0.29, 0.717) is 0 Å². The Morgan fingerprint density at radius 2 is 1.95 bits per heavy atom. The van der Waals surface area contributed by atoms with Gasteiger partial charge in [0.1, 0.15) is 12.3 Å². The maximum atomic E-state index is 14.2. The van der Waals surface area contributed by atoms with Crippen LogP contribution in [0.25, 0.3) is 0 Å². The van der Waals surface area contributed by atoms with Crippen molar-refractivity contribution in [2.24, 2.45) is 4.99 Å². The van der Waals surface area contributed by atoms with Crippen LogP contribution in [-0.2, 0) is 10.6 Å². The number of hydrogen-bond donors (Lipinski definition) is 0. The third kappa shape index (κ3) is 4.11. The Bertz CT molecular complexity index is 488. The molecule has 7 heteroatoms. The monoisotopic (exact) mass is 293 g/mol. The fourth-order valence-electron chi connectivity index (χ4n) is 1.59. The normalized spacial score (nSPS) is 21.4. The van der Waals surface area contributed by atoms with Crippen molar-refractivity contribution in [1.82, 2.24) is 0 Å². The molecule has 0 N–H and O–H groups in total. The Morgan fingerprint density at radius 1 is 1.30 bits per heavy atom. The minimum absolute atomic E-state index is 0.0650. The van der Waals surface area contributed by atoms with Gasteiger partial charge in [0.05, 0.1) is 0 Å². The third-order valence-electron chi connectivity index (χ3n) is 2.31. The zero-order valence-corrected chi connectivity index (χ0v) is 11.3. The van der Waals surface area contributed by atoms with Crippen LogP contribution in [0.15, 0.2) is 29.3 Å². The van der Waals surface area contributed by atoms with Crippen molar-refractivity contribution in [3.8, 4) is 5.75 Å². The van der Waals surface area contributed by atoms with E-state index in [2.05, 4.69) is 9.73 Å². The third-order valence-corrected chi connectivity index (χ3v) is 2.31.